The summed E-state index contributed by atoms with van der Waals surface area (Å²) in [5.74, 6) is 0. The van der Waals surface area contributed by atoms with E-state index in [0.29, 0.717) is 0 Å². The van der Waals surface area contributed by atoms with Crippen LogP contribution in [-0.2, 0) is 12.8 Å². The molecule has 0 amide bonds. The number of fused-ring (bicyclic) bond motifs is 1. The van der Waals surface area contributed by atoms with Gasteiger partial charge in [-0.2, -0.15) is 0 Å². The third kappa shape index (κ3) is 0.853. The monoisotopic (exact) mass is 155 g/mol. The number of aromatic amines is 1. The minimum Gasteiger partial charge on any atom is -0.363 e. The van der Waals surface area contributed by atoms with E-state index in [-0.39, 0.29) is 0 Å². The first-order valence-corrected chi connectivity index (χ1v) is 4.10. The van der Waals surface area contributed by atoms with Crippen molar-refractivity contribution in [1.29, 1.82) is 0 Å². The quantitative estimate of drug-likeness (QED) is 0.593. The van der Waals surface area contributed by atoms with Crippen molar-refractivity contribution in [3.63, 3.8) is 0 Å². The number of H-pyrrole nitrogens is 1. The third-order valence-electron chi connectivity index (χ3n) is 2.13. The third-order valence-corrected chi connectivity index (χ3v) is 2.47. The van der Waals surface area contributed by atoms with Crippen molar-refractivity contribution >= 4 is 11.6 Å². The zero-order chi connectivity index (χ0) is 6.97. The zero-order valence-corrected chi connectivity index (χ0v) is 6.54. The molecule has 0 aliphatic heterocycles. The van der Waals surface area contributed by atoms with Crippen molar-refractivity contribution in [2.45, 2.75) is 25.7 Å². The van der Waals surface area contributed by atoms with Crippen LogP contribution in [0.25, 0.3) is 0 Å². The molecule has 0 saturated carbocycles. The number of hydrogen-bond acceptors (Lipinski definition) is 0. The van der Waals surface area contributed by atoms with Crippen LogP contribution >= 0.6 is 11.6 Å². The fourth-order valence-electron chi connectivity index (χ4n) is 1.57. The van der Waals surface area contributed by atoms with Crippen molar-refractivity contribution in [2.24, 2.45) is 0 Å². The van der Waals surface area contributed by atoms with Crippen LogP contribution in [-0.4, -0.2) is 4.98 Å². The van der Waals surface area contributed by atoms with Crippen molar-refractivity contribution < 1.29 is 0 Å². The summed E-state index contributed by atoms with van der Waals surface area (Å²) in [5.41, 5.74) is 2.71. The van der Waals surface area contributed by atoms with E-state index in [1.54, 1.807) is 0 Å². The first-order valence-electron chi connectivity index (χ1n) is 3.72. The Bertz CT molecular complexity index is 239. The van der Waals surface area contributed by atoms with Crippen LogP contribution in [0.5, 0.6) is 0 Å². The van der Waals surface area contributed by atoms with Crippen LogP contribution in [0.2, 0.25) is 5.02 Å². The Morgan fingerprint density at radius 1 is 1.30 bits per heavy atom. The molecule has 0 aromatic carbocycles. The Labute approximate surface area is 65.4 Å². The van der Waals surface area contributed by atoms with Crippen molar-refractivity contribution in [3.05, 3.63) is 22.5 Å². The lowest BCUT2D eigenvalue weighted by molar-refractivity contribution is 0.677. The van der Waals surface area contributed by atoms with Gasteiger partial charge < -0.3 is 4.98 Å². The Kier molecular flexibility index (Phi) is 1.46. The largest absolute Gasteiger partial charge is 0.363 e. The number of aromatic nitrogens is 1. The van der Waals surface area contributed by atoms with Crippen LogP contribution in [0.3, 0.4) is 0 Å². The van der Waals surface area contributed by atoms with Gasteiger partial charge in [0.1, 0.15) is 0 Å². The molecule has 1 heterocycles. The van der Waals surface area contributed by atoms with Gasteiger partial charge in [0.05, 0.1) is 5.02 Å². The smallest absolute Gasteiger partial charge is 0.0615 e. The topological polar surface area (TPSA) is 15.8 Å². The second-order valence-corrected chi connectivity index (χ2v) is 3.21. The minimum absolute atomic E-state index is 0.926. The lowest BCUT2D eigenvalue weighted by Crippen LogP contribution is -1.99. The average molecular weight is 156 g/mol. The number of hydrogen-bond donors (Lipinski definition) is 1. The molecule has 1 aromatic rings. The first kappa shape index (κ1) is 6.29. The van der Waals surface area contributed by atoms with E-state index in [1.165, 1.54) is 30.5 Å². The summed E-state index contributed by atoms with van der Waals surface area (Å²) >= 11 is 5.93. The van der Waals surface area contributed by atoms with Crippen LogP contribution in [0.4, 0.5) is 0 Å². The maximum absolute atomic E-state index is 5.93. The van der Waals surface area contributed by atoms with E-state index >= 15 is 0 Å². The molecular formula is C8H10ClN. The highest BCUT2D eigenvalue weighted by atomic mass is 35.5. The molecule has 1 aromatic heterocycles. The number of aryl methyl sites for hydroxylation is 1. The molecule has 0 radical (unpaired) electrons. The van der Waals surface area contributed by atoms with E-state index in [4.69, 9.17) is 11.6 Å². The van der Waals surface area contributed by atoms with Gasteiger partial charge in [0.15, 0.2) is 0 Å². The molecular weight excluding hydrogens is 146 g/mol. The van der Waals surface area contributed by atoms with E-state index < -0.39 is 0 Å². The Hall–Kier alpha value is -0.430. The molecule has 0 fully saturated rings. The molecule has 54 valence electrons. The van der Waals surface area contributed by atoms with E-state index in [9.17, 15) is 0 Å². The standard InChI is InChI=1S/C8H10ClN/c9-7-5-10-8-4-2-1-3-6(7)8/h5,10H,1-4H2. The number of rotatable bonds is 0. The zero-order valence-electron chi connectivity index (χ0n) is 5.78. The maximum Gasteiger partial charge on any atom is 0.0615 e. The molecule has 2 rings (SSSR count). The highest BCUT2D eigenvalue weighted by molar-refractivity contribution is 6.31. The van der Waals surface area contributed by atoms with Gasteiger partial charge in [-0.15, -0.1) is 0 Å². The summed E-state index contributed by atoms with van der Waals surface area (Å²) < 4.78 is 0. The lowest BCUT2D eigenvalue weighted by atomic mass is 9.98. The highest BCUT2D eigenvalue weighted by Crippen LogP contribution is 2.26. The second kappa shape index (κ2) is 2.31. The molecule has 0 spiro atoms. The molecule has 1 aliphatic rings. The Morgan fingerprint density at radius 3 is 2.90 bits per heavy atom. The van der Waals surface area contributed by atoms with Crippen LogP contribution in [0.15, 0.2) is 6.20 Å². The summed E-state index contributed by atoms with van der Waals surface area (Å²) in [7, 11) is 0. The molecule has 0 saturated heterocycles. The van der Waals surface area contributed by atoms with Crippen molar-refractivity contribution in [1.82, 2.24) is 4.98 Å². The molecule has 0 unspecified atom stereocenters. The van der Waals surface area contributed by atoms with Crippen LogP contribution < -0.4 is 0 Å². The number of nitrogens with one attached hydrogen (secondary N) is 1. The van der Waals surface area contributed by atoms with E-state index in [0.717, 1.165) is 11.4 Å². The van der Waals surface area contributed by atoms with Gasteiger partial charge in [-0.1, -0.05) is 11.6 Å². The predicted octanol–water partition coefficient (Wildman–Crippen LogP) is 2.55. The Morgan fingerprint density at radius 2 is 2.10 bits per heavy atom. The van der Waals surface area contributed by atoms with Gasteiger partial charge in [0, 0.05) is 11.9 Å². The summed E-state index contributed by atoms with van der Waals surface area (Å²) in [6.07, 6.45) is 6.85. The van der Waals surface area contributed by atoms with Gasteiger partial charge in [0.2, 0.25) is 0 Å². The molecule has 0 bridgehead atoms. The molecule has 2 heteroatoms. The van der Waals surface area contributed by atoms with Crippen LogP contribution in [0.1, 0.15) is 24.1 Å². The molecule has 0 atom stereocenters. The predicted molar refractivity (Wildman–Crippen MR) is 42.4 cm³/mol. The molecule has 1 aliphatic carbocycles. The lowest BCUT2D eigenvalue weighted by Gasteiger charge is -2.09. The summed E-state index contributed by atoms with van der Waals surface area (Å²) in [4.78, 5) is 3.19. The van der Waals surface area contributed by atoms with Crippen molar-refractivity contribution in [2.75, 3.05) is 0 Å². The van der Waals surface area contributed by atoms with Gasteiger partial charge in [0.25, 0.3) is 0 Å². The maximum atomic E-state index is 5.93. The Balaban J connectivity index is 2.45. The fourth-order valence-corrected chi connectivity index (χ4v) is 1.83. The molecule has 1 N–H and O–H groups in total. The summed E-state index contributed by atoms with van der Waals surface area (Å²) in [6.45, 7) is 0. The van der Waals surface area contributed by atoms with Gasteiger partial charge in [-0.3, -0.25) is 0 Å². The molecule has 10 heavy (non-hydrogen) atoms. The van der Waals surface area contributed by atoms with E-state index in [1.807, 2.05) is 6.20 Å². The normalized spacial score (nSPS) is 16.9. The average Bonchev–Trinajstić information content (AvgIpc) is 2.34. The number of halogens is 1. The highest BCUT2D eigenvalue weighted by Gasteiger charge is 2.12. The van der Waals surface area contributed by atoms with Gasteiger partial charge in [-0.25, -0.2) is 0 Å². The SMILES string of the molecule is Clc1c[nH]c2c1CCCC2. The van der Waals surface area contributed by atoms with E-state index in [2.05, 4.69) is 4.98 Å². The summed E-state index contributed by atoms with van der Waals surface area (Å²) in [5, 5.41) is 0.926. The van der Waals surface area contributed by atoms with Gasteiger partial charge >= 0.3 is 0 Å². The first-order chi connectivity index (χ1) is 4.88. The van der Waals surface area contributed by atoms with Crippen LogP contribution in [0, 0.1) is 0 Å². The molecule has 1 nitrogen and oxygen atoms in total. The fraction of sp³-hybridized carbons (Fsp3) is 0.500. The van der Waals surface area contributed by atoms with Gasteiger partial charge in [-0.05, 0) is 31.2 Å². The summed E-state index contributed by atoms with van der Waals surface area (Å²) in [6, 6.07) is 0. The van der Waals surface area contributed by atoms with Crippen molar-refractivity contribution in [3.8, 4) is 0 Å². The minimum atomic E-state index is 0.926. The second-order valence-electron chi connectivity index (χ2n) is 2.80.